The van der Waals surface area contributed by atoms with Crippen LogP contribution in [0.15, 0.2) is 46.9 Å². The molecule has 0 aliphatic carbocycles. The first kappa shape index (κ1) is 16.0. The second-order valence-electron chi connectivity index (χ2n) is 4.23. The largest absolute Gasteiger partial charge is 0.355 e. The molecule has 0 aliphatic rings. The van der Waals surface area contributed by atoms with Crippen LogP contribution < -0.4 is 10.6 Å². The molecule has 0 saturated heterocycles. The molecule has 108 valence electrons. The number of nitrogens with one attached hydrogen (secondary N) is 2. The van der Waals surface area contributed by atoms with Gasteiger partial charge in [0.25, 0.3) is 11.8 Å². The molecule has 2 rings (SSSR count). The molecule has 0 saturated carbocycles. The number of amides is 2. The Morgan fingerprint density at radius 3 is 2.33 bits per heavy atom. The van der Waals surface area contributed by atoms with Gasteiger partial charge >= 0.3 is 0 Å². The molecule has 2 amide bonds. The number of hydrogen-bond acceptors (Lipinski definition) is 2. The number of benzene rings is 2. The van der Waals surface area contributed by atoms with Crippen molar-refractivity contribution >= 4 is 56.0 Å². The number of rotatable bonds is 3. The molecule has 6 heteroatoms. The fourth-order valence-corrected chi connectivity index (χ4v) is 2.66. The predicted molar refractivity (Wildman–Crippen MR) is 94.6 cm³/mol. The van der Waals surface area contributed by atoms with Crippen molar-refractivity contribution in [3.05, 3.63) is 61.6 Å². The lowest BCUT2D eigenvalue weighted by molar-refractivity contribution is 0.0962. The van der Waals surface area contributed by atoms with Crippen LogP contribution in [-0.2, 0) is 0 Å². The molecule has 2 N–H and O–H groups in total. The van der Waals surface area contributed by atoms with E-state index in [9.17, 15) is 9.59 Å². The minimum Gasteiger partial charge on any atom is -0.355 e. The maximum Gasteiger partial charge on any atom is 0.256 e. The monoisotopic (exact) mass is 458 g/mol. The molecule has 0 spiro atoms. The normalized spacial score (nSPS) is 10.0. The Bertz CT molecular complexity index is 687. The molecule has 2 aromatic rings. The third-order valence-corrected chi connectivity index (χ3v) is 4.24. The average Bonchev–Trinajstić information content (AvgIpc) is 2.49. The van der Waals surface area contributed by atoms with Crippen LogP contribution in [0.4, 0.5) is 5.69 Å². The van der Waals surface area contributed by atoms with Crippen LogP contribution in [0, 0.1) is 3.57 Å². The lowest BCUT2D eigenvalue weighted by Crippen LogP contribution is -2.18. The molecular formula is C15H12BrIN2O2. The first-order valence-corrected chi connectivity index (χ1v) is 7.97. The quantitative estimate of drug-likeness (QED) is 0.689. The lowest BCUT2D eigenvalue weighted by Gasteiger charge is -2.08. The Hall–Kier alpha value is -1.41. The molecule has 4 nitrogen and oxygen atoms in total. The van der Waals surface area contributed by atoms with Gasteiger partial charge in [0, 0.05) is 26.3 Å². The first-order valence-electron chi connectivity index (χ1n) is 6.10. The Morgan fingerprint density at radius 1 is 1.05 bits per heavy atom. The molecular weight excluding hydrogens is 447 g/mol. The van der Waals surface area contributed by atoms with Crippen molar-refractivity contribution in [1.29, 1.82) is 0 Å². The molecule has 0 heterocycles. The third kappa shape index (κ3) is 4.04. The predicted octanol–water partition coefficient (Wildman–Crippen LogP) is 3.67. The van der Waals surface area contributed by atoms with Crippen molar-refractivity contribution in [2.75, 3.05) is 12.4 Å². The molecule has 0 fully saturated rings. The van der Waals surface area contributed by atoms with Gasteiger partial charge in [-0.2, -0.15) is 0 Å². The molecule has 0 atom stereocenters. The van der Waals surface area contributed by atoms with Crippen LogP contribution in [0.2, 0.25) is 0 Å². The van der Waals surface area contributed by atoms with Crippen LogP contribution in [0.5, 0.6) is 0 Å². The highest BCUT2D eigenvalue weighted by molar-refractivity contribution is 14.1. The summed E-state index contributed by atoms with van der Waals surface area (Å²) in [4.78, 5) is 23.7. The van der Waals surface area contributed by atoms with Gasteiger partial charge in [-0.15, -0.1) is 0 Å². The highest BCUT2D eigenvalue weighted by atomic mass is 127. The minimum atomic E-state index is -0.187. The molecule has 0 aromatic heterocycles. The van der Waals surface area contributed by atoms with E-state index < -0.39 is 0 Å². The summed E-state index contributed by atoms with van der Waals surface area (Å²) < 4.78 is 1.72. The molecule has 0 aliphatic heterocycles. The van der Waals surface area contributed by atoms with E-state index in [1.54, 1.807) is 37.4 Å². The van der Waals surface area contributed by atoms with Gasteiger partial charge in [0.15, 0.2) is 0 Å². The Balaban J connectivity index is 2.16. The summed E-state index contributed by atoms with van der Waals surface area (Å²) >= 11 is 5.47. The Labute approximate surface area is 144 Å². The average molecular weight is 459 g/mol. The number of anilines is 1. The van der Waals surface area contributed by atoms with Crippen molar-refractivity contribution in [2.45, 2.75) is 0 Å². The first-order chi connectivity index (χ1) is 10.0. The van der Waals surface area contributed by atoms with Gasteiger partial charge in [-0.25, -0.2) is 0 Å². The van der Waals surface area contributed by atoms with E-state index in [0.717, 1.165) is 8.04 Å². The van der Waals surface area contributed by atoms with Crippen molar-refractivity contribution in [3.63, 3.8) is 0 Å². The lowest BCUT2D eigenvalue weighted by atomic mass is 10.1. The zero-order chi connectivity index (χ0) is 15.4. The third-order valence-electron chi connectivity index (χ3n) is 2.81. The summed E-state index contributed by atoms with van der Waals surface area (Å²) in [6.45, 7) is 0. The van der Waals surface area contributed by atoms with E-state index in [1.165, 1.54) is 0 Å². The second-order valence-corrected chi connectivity index (χ2v) is 6.31. The maximum absolute atomic E-state index is 12.2. The zero-order valence-electron chi connectivity index (χ0n) is 11.1. The van der Waals surface area contributed by atoms with Gasteiger partial charge in [0.1, 0.15) is 0 Å². The molecule has 0 radical (unpaired) electrons. The summed E-state index contributed by atoms with van der Waals surface area (Å²) in [6.07, 6.45) is 0. The maximum atomic E-state index is 12.2. The summed E-state index contributed by atoms with van der Waals surface area (Å²) in [7, 11) is 1.58. The van der Waals surface area contributed by atoms with Crippen molar-refractivity contribution in [3.8, 4) is 0 Å². The molecule has 2 aromatic carbocycles. The van der Waals surface area contributed by atoms with Gasteiger partial charge in [-0.05, 0) is 65.1 Å². The highest BCUT2D eigenvalue weighted by Gasteiger charge is 2.11. The van der Waals surface area contributed by atoms with Gasteiger partial charge < -0.3 is 10.6 Å². The van der Waals surface area contributed by atoms with Crippen molar-refractivity contribution in [2.24, 2.45) is 0 Å². The summed E-state index contributed by atoms with van der Waals surface area (Å²) in [5, 5.41) is 5.36. The minimum absolute atomic E-state index is 0.158. The topological polar surface area (TPSA) is 58.2 Å². The summed E-state index contributed by atoms with van der Waals surface area (Å²) in [5.74, 6) is -0.345. The van der Waals surface area contributed by atoms with Gasteiger partial charge in [-0.1, -0.05) is 15.9 Å². The number of carbonyl (C=O) groups is 2. The number of carbonyl (C=O) groups excluding carboxylic acids is 2. The fourth-order valence-electron chi connectivity index (χ4n) is 1.72. The second kappa shape index (κ2) is 7.04. The molecule has 0 bridgehead atoms. The Kier molecular flexibility index (Phi) is 5.35. The van der Waals surface area contributed by atoms with Crippen LogP contribution in [-0.4, -0.2) is 18.9 Å². The van der Waals surface area contributed by atoms with Crippen molar-refractivity contribution < 1.29 is 9.59 Å². The Morgan fingerprint density at radius 2 is 1.71 bits per heavy atom. The summed E-state index contributed by atoms with van der Waals surface area (Å²) in [6, 6.07) is 12.3. The van der Waals surface area contributed by atoms with Gasteiger partial charge in [0.2, 0.25) is 0 Å². The van der Waals surface area contributed by atoms with Gasteiger partial charge in [-0.3, -0.25) is 9.59 Å². The van der Waals surface area contributed by atoms with E-state index in [0.29, 0.717) is 16.8 Å². The molecule has 0 unspecified atom stereocenters. The molecule has 21 heavy (non-hydrogen) atoms. The van der Waals surface area contributed by atoms with Gasteiger partial charge in [0.05, 0.1) is 5.56 Å². The standard InChI is InChI=1S/C15H12BrIN2O2/c1-18-14(20)9-2-5-11(6-3-9)19-15(21)12-8-10(16)4-7-13(12)17/h2-8H,1H3,(H,18,20)(H,19,21). The van der Waals surface area contributed by atoms with E-state index in [2.05, 4.69) is 49.2 Å². The van der Waals surface area contributed by atoms with Crippen LogP contribution in [0.25, 0.3) is 0 Å². The van der Waals surface area contributed by atoms with Crippen LogP contribution in [0.1, 0.15) is 20.7 Å². The van der Waals surface area contributed by atoms with Crippen LogP contribution in [0.3, 0.4) is 0 Å². The fraction of sp³-hybridized carbons (Fsp3) is 0.0667. The van der Waals surface area contributed by atoms with Crippen molar-refractivity contribution in [1.82, 2.24) is 5.32 Å². The zero-order valence-corrected chi connectivity index (χ0v) is 14.9. The van der Waals surface area contributed by atoms with E-state index in [1.807, 2.05) is 12.1 Å². The SMILES string of the molecule is CNC(=O)c1ccc(NC(=O)c2cc(Br)ccc2I)cc1. The van der Waals surface area contributed by atoms with E-state index in [4.69, 9.17) is 0 Å². The smallest absolute Gasteiger partial charge is 0.256 e. The highest BCUT2D eigenvalue weighted by Crippen LogP contribution is 2.20. The number of halogens is 2. The van der Waals surface area contributed by atoms with E-state index in [-0.39, 0.29) is 11.8 Å². The van der Waals surface area contributed by atoms with E-state index >= 15 is 0 Å². The van der Waals surface area contributed by atoms with Crippen LogP contribution >= 0.6 is 38.5 Å². The number of hydrogen-bond donors (Lipinski definition) is 2. The summed E-state index contributed by atoms with van der Waals surface area (Å²) in [5.41, 5.74) is 1.79.